The van der Waals surface area contributed by atoms with E-state index in [-0.39, 0.29) is 24.3 Å². The van der Waals surface area contributed by atoms with Crippen LogP contribution in [0, 0.1) is 12.8 Å². The van der Waals surface area contributed by atoms with Crippen molar-refractivity contribution in [3.8, 4) is 0 Å². The second-order valence-electron chi connectivity index (χ2n) is 6.37. The van der Waals surface area contributed by atoms with E-state index in [4.69, 9.17) is 5.11 Å². The second kappa shape index (κ2) is 6.94. The second-order valence-corrected chi connectivity index (χ2v) is 6.37. The summed E-state index contributed by atoms with van der Waals surface area (Å²) in [6.07, 6.45) is 4.41. The third-order valence-electron chi connectivity index (χ3n) is 4.34. The fraction of sp³-hybridized carbons (Fsp3) is 0.688. The number of carboxylic acid groups (broad SMARTS) is 1. The smallest absolute Gasteiger partial charge is 0.303 e. The van der Waals surface area contributed by atoms with Crippen molar-refractivity contribution in [1.29, 1.82) is 0 Å². The normalized spacial score (nSPS) is 18.7. The summed E-state index contributed by atoms with van der Waals surface area (Å²) in [5, 5.41) is 13.1. The van der Waals surface area contributed by atoms with Gasteiger partial charge in [-0.3, -0.25) is 14.3 Å². The summed E-state index contributed by atoms with van der Waals surface area (Å²) in [6, 6.07) is 0.228. The van der Waals surface area contributed by atoms with Gasteiger partial charge in [0.05, 0.1) is 11.8 Å². The molecule has 2 rings (SSSR count). The molecule has 1 aromatic rings. The number of aliphatic carboxylic acids is 1. The molecule has 1 aliphatic rings. The lowest BCUT2D eigenvalue weighted by Crippen LogP contribution is -2.40. The number of aromatic nitrogens is 2. The first kappa shape index (κ1) is 16.5. The number of rotatable bonds is 5. The molecule has 0 spiro atoms. The predicted octanol–water partition coefficient (Wildman–Crippen LogP) is 2.49. The standard InChI is InChI=1S/C16H25N3O3/c1-11(2)19-12(3)14(9-17-19)16(22)18-8-4-5-13(10-18)6-7-15(20)21/h9,11,13H,4-8,10H2,1-3H3,(H,20,21). The Labute approximate surface area is 131 Å². The van der Waals surface area contributed by atoms with Crippen LogP contribution in [0.5, 0.6) is 0 Å². The fourth-order valence-corrected chi connectivity index (χ4v) is 3.14. The van der Waals surface area contributed by atoms with Crippen LogP contribution in [0.1, 0.15) is 61.6 Å². The number of hydrogen-bond acceptors (Lipinski definition) is 3. The summed E-state index contributed by atoms with van der Waals surface area (Å²) in [5.41, 5.74) is 1.56. The molecule has 6 nitrogen and oxygen atoms in total. The Hall–Kier alpha value is -1.85. The van der Waals surface area contributed by atoms with E-state index >= 15 is 0 Å². The lowest BCUT2D eigenvalue weighted by atomic mass is 9.93. The van der Waals surface area contributed by atoms with Gasteiger partial charge >= 0.3 is 5.97 Å². The Kier molecular flexibility index (Phi) is 5.21. The summed E-state index contributed by atoms with van der Waals surface area (Å²) in [4.78, 5) is 25.2. The minimum absolute atomic E-state index is 0.0180. The van der Waals surface area contributed by atoms with E-state index in [0.29, 0.717) is 18.5 Å². The maximum absolute atomic E-state index is 12.7. The molecule has 1 atom stereocenters. The van der Waals surface area contributed by atoms with Gasteiger partial charge in [-0.2, -0.15) is 5.10 Å². The number of amides is 1. The van der Waals surface area contributed by atoms with Crippen molar-refractivity contribution in [2.75, 3.05) is 13.1 Å². The average Bonchev–Trinajstić information content (AvgIpc) is 2.86. The maximum Gasteiger partial charge on any atom is 0.303 e. The topological polar surface area (TPSA) is 75.4 Å². The molecule has 22 heavy (non-hydrogen) atoms. The molecule has 1 aliphatic heterocycles. The van der Waals surface area contributed by atoms with Crippen LogP contribution in [0.2, 0.25) is 0 Å². The van der Waals surface area contributed by atoms with Crippen LogP contribution >= 0.6 is 0 Å². The first-order chi connectivity index (χ1) is 10.4. The summed E-state index contributed by atoms with van der Waals surface area (Å²) in [7, 11) is 0. The van der Waals surface area contributed by atoms with Gasteiger partial charge in [0.25, 0.3) is 5.91 Å². The van der Waals surface area contributed by atoms with E-state index < -0.39 is 5.97 Å². The molecule has 0 bridgehead atoms. The molecule has 1 aromatic heterocycles. The summed E-state index contributed by atoms with van der Waals surface area (Å²) >= 11 is 0. The van der Waals surface area contributed by atoms with Crippen molar-refractivity contribution < 1.29 is 14.7 Å². The average molecular weight is 307 g/mol. The summed E-state index contributed by atoms with van der Waals surface area (Å²) < 4.78 is 1.86. The maximum atomic E-state index is 12.7. The van der Waals surface area contributed by atoms with Gasteiger partial charge in [0, 0.05) is 31.2 Å². The Morgan fingerprint density at radius 1 is 1.45 bits per heavy atom. The lowest BCUT2D eigenvalue weighted by molar-refractivity contribution is -0.137. The highest BCUT2D eigenvalue weighted by Crippen LogP contribution is 2.23. The Balaban J connectivity index is 2.04. The van der Waals surface area contributed by atoms with Crippen LogP contribution in [-0.2, 0) is 4.79 Å². The predicted molar refractivity (Wildman–Crippen MR) is 82.8 cm³/mol. The van der Waals surface area contributed by atoms with Crippen LogP contribution in [0.3, 0.4) is 0 Å². The Morgan fingerprint density at radius 3 is 2.77 bits per heavy atom. The third kappa shape index (κ3) is 3.67. The minimum atomic E-state index is -0.766. The molecule has 2 heterocycles. The van der Waals surface area contributed by atoms with Crippen molar-refractivity contribution in [2.45, 2.75) is 52.5 Å². The quantitative estimate of drug-likeness (QED) is 0.907. The van der Waals surface area contributed by atoms with Crippen LogP contribution < -0.4 is 0 Å². The van der Waals surface area contributed by atoms with Crippen LogP contribution in [0.25, 0.3) is 0 Å². The molecule has 0 aromatic carbocycles. The molecule has 1 N–H and O–H groups in total. The van der Waals surface area contributed by atoms with E-state index in [1.807, 2.05) is 30.4 Å². The zero-order valence-corrected chi connectivity index (χ0v) is 13.6. The molecule has 1 unspecified atom stereocenters. The highest BCUT2D eigenvalue weighted by atomic mass is 16.4. The van der Waals surface area contributed by atoms with E-state index in [1.54, 1.807) is 6.20 Å². The fourth-order valence-electron chi connectivity index (χ4n) is 3.14. The van der Waals surface area contributed by atoms with E-state index in [2.05, 4.69) is 5.10 Å². The van der Waals surface area contributed by atoms with Crippen LogP contribution in [0.4, 0.5) is 0 Å². The van der Waals surface area contributed by atoms with Crippen molar-refractivity contribution in [2.24, 2.45) is 5.92 Å². The van der Waals surface area contributed by atoms with Gasteiger partial charge in [-0.15, -0.1) is 0 Å². The van der Waals surface area contributed by atoms with Gasteiger partial charge in [-0.05, 0) is 46.0 Å². The first-order valence-electron chi connectivity index (χ1n) is 7.95. The van der Waals surface area contributed by atoms with Gasteiger partial charge in [0.1, 0.15) is 0 Å². The van der Waals surface area contributed by atoms with Crippen molar-refractivity contribution in [1.82, 2.24) is 14.7 Å². The lowest BCUT2D eigenvalue weighted by Gasteiger charge is -2.32. The van der Waals surface area contributed by atoms with E-state index in [1.165, 1.54) is 0 Å². The van der Waals surface area contributed by atoms with Crippen molar-refractivity contribution >= 4 is 11.9 Å². The highest BCUT2D eigenvalue weighted by Gasteiger charge is 2.27. The van der Waals surface area contributed by atoms with Gasteiger partial charge in [0.15, 0.2) is 0 Å². The van der Waals surface area contributed by atoms with Crippen molar-refractivity contribution in [3.05, 3.63) is 17.5 Å². The number of carbonyl (C=O) groups is 2. The van der Waals surface area contributed by atoms with Gasteiger partial charge < -0.3 is 10.0 Å². The number of nitrogens with zero attached hydrogens (tertiary/aromatic N) is 3. The molecule has 122 valence electrons. The molecular formula is C16H25N3O3. The number of likely N-dealkylation sites (tertiary alicyclic amines) is 1. The summed E-state index contributed by atoms with van der Waals surface area (Å²) in [5.74, 6) is -0.462. The number of piperidine rings is 1. The molecule has 6 heteroatoms. The molecule has 0 radical (unpaired) electrons. The molecule has 0 saturated carbocycles. The first-order valence-corrected chi connectivity index (χ1v) is 7.95. The molecule has 1 saturated heterocycles. The molecule has 1 fully saturated rings. The monoisotopic (exact) mass is 307 g/mol. The minimum Gasteiger partial charge on any atom is -0.481 e. The highest BCUT2D eigenvalue weighted by molar-refractivity contribution is 5.95. The van der Waals surface area contributed by atoms with Gasteiger partial charge in [-0.25, -0.2) is 0 Å². The number of carboxylic acids is 1. The number of carbonyl (C=O) groups excluding carboxylic acids is 1. The van der Waals surface area contributed by atoms with E-state index in [9.17, 15) is 9.59 Å². The van der Waals surface area contributed by atoms with Gasteiger partial charge in [-0.1, -0.05) is 0 Å². The zero-order chi connectivity index (χ0) is 16.3. The summed E-state index contributed by atoms with van der Waals surface area (Å²) in [6.45, 7) is 7.40. The van der Waals surface area contributed by atoms with Crippen LogP contribution in [-0.4, -0.2) is 44.8 Å². The van der Waals surface area contributed by atoms with E-state index in [0.717, 1.165) is 25.1 Å². The van der Waals surface area contributed by atoms with Crippen LogP contribution in [0.15, 0.2) is 6.20 Å². The SMILES string of the molecule is Cc1c(C(=O)N2CCCC(CCC(=O)O)C2)cnn1C(C)C. The molecular weight excluding hydrogens is 282 g/mol. The van der Waals surface area contributed by atoms with Crippen molar-refractivity contribution in [3.63, 3.8) is 0 Å². The number of hydrogen-bond donors (Lipinski definition) is 1. The molecule has 1 amide bonds. The third-order valence-corrected chi connectivity index (χ3v) is 4.34. The Bertz CT molecular complexity index is 551. The zero-order valence-electron chi connectivity index (χ0n) is 13.6. The largest absolute Gasteiger partial charge is 0.481 e. The van der Waals surface area contributed by atoms with Gasteiger partial charge in [0.2, 0.25) is 0 Å². The Morgan fingerprint density at radius 2 is 2.18 bits per heavy atom. The molecule has 0 aliphatic carbocycles.